The summed E-state index contributed by atoms with van der Waals surface area (Å²) < 4.78 is 0. The molecule has 0 aromatic heterocycles. The zero-order chi connectivity index (χ0) is 12.2. The van der Waals surface area contributed by atoms with E-state index in [1.807, 2.05) is 0 Å². The van der Waals surface area contributed by atoms with Crippen molar-refractivity contribution in [2.75, 3.05) is 0 Å². The number of hydrogen-bond donors (Lipinski definition) is 0. The van der Waals surface area contributed by atoms with Crippen molar-refractivity contribution in [1.29, 1.82) is 0 Å². The second-order valence-corrected chi connectivity index (χ2v) is 4.28. The Kier molecular flexibility index (Phi) is 4.09. The molecule has 0 aliphatic rings. The zero-order valence-corrected chi connectivity index (χ0v) is 10.5. The van der Waals surface area contributed by atoms with E-state index in [4.69, 9.17) is 0 Å². The number of benzene rings is 3. The molecule has 1 heteroatoms. The second-order valence-electron chi connectivity index (χ2n) is 4.28. The summed E-state index contributed by atoms with van der Waals surface area (Å²) in [6.45, 7) is 0. The fraction of sp³-hybridized carbons (Fsp3) is 0. The zero-order valence-electron chi connectivity index (χ0n) is 10.5. The lowest BCUT2D eigenvalue weighted by Gasteiger charge is -2.09. The molecule has 0 saturated carbocycles. The van der Waals surface area contributed by atoms with Crippen molar-refractivity contribution in [2.45, 2.75) is 0 Å². The quantitative estimate of drug-likeness (QED) is 0.588. The standard InChI is InChI=1S/C18H14.FH/c1-3-9-15(10-4-1)17-13-7-8-14-18(17)16-11-5-2-6-12-16;/h1-14H;1H. The summed E-state index contributed by atoms with van der Waals surface area (Å²) in [4.78, 5) is 0. The average Bonchev–Trinajstić information content (AvgIpc) is 2.49. The topological polar surface area (TPSA) is 0 Å². The normalized spacial score (nSPS) is 9.68. The van der Waals surface area contributed by atoms with Crippen molar-refractivity contribution in [3.63, 3.8) is 0 Å². The lowest BCUT2D eigenvalue weighted by atomic mass is 9.95. The van der Waals surface area contributed by atoms with Gasteiger partial charge in [-0.2, -0.15) is 0 Å². The predicted octanol–water partition coefficient (Wildman–Crippen LogP) is 5.17. The van der Waals surface area contributed by atoms with Gasteiger partial charge in [-0.25, -0.2) is 0 Å². The van der Waals surface area contributed by atoms with E-state index in [1.54, 1.807) is 0 Å². The van der Waals surface area contributed by atoms with Crippen LogP contribution in [0.5, 0.6) is 0 Å². The summed E-state index contributed by atoms with van der Waals surface area (Å²) in [6.07, 6.45) is 0. The minimum Gasteiger partial charge on any atom is -0.269 e. The molecule has 0 atom stereocenters. The van der Waals surface area contributed by atoms with Crippen molar-refractivity contribution in [3.05, 3.63) is 84.9 Å². The molecule has 3 aromatic rings. The van der Waals surface area contributed by atoms with Gasteiger partial charge in [0.1, 0.15) is 0 Å². The third kappa shape index (κ3) is 2.71. The van der Waals surface area contributed by atoms with Gasteiger partial charge in [-0.05, 0) is 22.3 Å². The van der Waals surface area contributed by atoms with Crippen LogP contribution in [0.2, 0.25) is 0 Å². The highest BCUT2D eigenvalue weighted by Gasteiger charge is 2.05. The van der Waals surface area contributed by atoms with E-state index in [0.29, 0.717) is 0 Å². The molecule has 94 valence electrons. The van der Waals surface area contributed by atoms with Gasteiger partial charge in [0.2, 0.25) is 0 Å². The van der Waals surface area contributed by atoms with Gasteiger partial charge in [0, 0.05) is 0 Å². The highest BCUT2D eigenvalue weighted by Crippen LogP contribution is 2.31. The minimum absolute atomic E-state index is 0. The van der Waals surface area contributed by atoms with Crippen LogP contribution in [0.1, 0.15) is 0 Å². The van der Waals surface area contributed by atoms with Crippen LogP contribution in [0.15, 0.2) is 84.9 Å². The van der Waals surface area contributed by atoms with Crippen molar-refractivity contribution in [3.8, 4) is 22.3 Å². The first-order valence-corrected chi connectivity index (χ1v) is 6.15. The van der Waals surface area contributed by atoms with Crippen molar-refractivity contribution < 1.29 is 4.70 Å². The summed E-state index contributed by atoms with van der Waals surface area (Å²) in [5, 5.41) is 0. The van der Waals surface area contributed by atoms with E-state index in [1.165, 1.54) is 22.3 Å². The summed E-state index contributed by atoms with van der Waals surface area (Å²) in [5.74, 6) is 0. The van der Waals surface area contributed by atoms with Crippen LogP contribution in [-0.2, 0) is 0 Å². The molecule has 0 unspecified atom stereocenters. The van der Waals surface area contributed by atoms with E-state index in [-0.39, 0.29) is 4.70 Å². The third-order valence-corrected chi connectivity index (χ3v) is 3.10. The summed E-state index contributed by atoms with van der Waals surface area (Å²) in [7, 11) is 0. The molecule has 3 rings (SSSR count). The van der Waals surface area contributed by atoms with Gasteiger partial charge in [-0.15, -0.1) is 0 Å². The Morgan fingerprint density at radius 1 is 0.368 bits per heavy atom. The molecule has 0 nitrogen and oxygen atoms in total. The predicted molar refractivity (Wildman–Crippen MR) is 79.8 cm³/mol. The first-order valence-electron chi connectivity index (χ1n) is 6.15. The molecular weight excluding hydrogens is 235 g/mol. The molecular formula is C18H15F. The van der Waals surface area contributed by atoms with Crippen LogP contribution in [0.3, 0.4) is 0 Å². The average molecular weight is 250 g/mol. The van der Waals surface area contributed by atoms with Crippen LogP contribution < -0.4 is 0 Å². The van der Waals surface area contributed by atoms with E-state index in [0.717, 1.165) is 0 Å². The lowest BCUT2D eigenvalue weighted by Crippen LogP contribution is -1.83. The minimum atomic E-state index is 0. The summed E-state index contributed by atoms with van der Waals surface area (Å²) in [5.41, 5.74) is 5.09. The summed E-state index contributed by atoms with van der Waals surface area (Å²) >= 11 is 0. The van der Waals surface area contributed by atoms with Gasteiger partial charge in [0.25, 0.3) is 0 Å². The molecule has 3 aromatic carbocycles. The second kappa shape index (κ2) is 5.96. The Bertz CT molecular complexity index is 572. The largest absolute Gasteiger partial charge is 0.269 e. The molecule has 0 aliphatic heterocycles. The molecule has 19 heavy (non-hydrogen) atoms. The van der Waals surface area contributed by atoms with E-state index in [9.17, 15) is 0 Å². The number of rotatable bonds is 2. The molecule has 0 aliphatic carbocycles. The molecule has 0 N–H and O–H groups in total. The van der Waals surface area contributed by atoms with Crippen LogP contribution >= 0.6 is 0 Å². The molecule has 0 radical (unpaired) electrons. The first kappa shape index (κ1) is 13.0. The molecule has 0 fully saturated rings. The highest BCUT2D eigenvalue weighted by atomic mass is 19.0. The van der Waals surface area contributed by atoms with Crippen LogP contribution in [0.4, 0.5) is 4.70 Å². The molecule has 0 amide bonds. The van der Waals surface area contributed by atoms with Gasteiger partial charge >= 0.3 is 0 Å². The molecule has 0 spiro atoms. The maximum absolute atomic E-state index is 2.18. The van der Waals surface area contributed by atoms with Crippen LogP contribution in [-0.4, -0.2) is 0 Å². The van der Waals surface area contributed by atoms with Crippen molar-refractivity contribution >= 4 is 0 Å². The van der Waals surface area contributed by atoms with E-state index < -0.39 is 0 Å². The Morgan fingerprint density at radius 3 is 1.05 bits per heavy atom. The smallest absolute Gasteiger partial charge is 0.0105 e. The molecule has 0 saturated heterocycles. The highest BCUT2D eigenvalue weighted by molar-refractivity contribution is 5.83. The Morgan fingerprint density at radius 2 is 0.684 bits per heavy atom. The number of halogens is 1. The molecule has 0 bridgehead atoms. The van der Waals surface area contributed by atoms with Crippen LogP contribution in [0.25, 0.3) is 22.3 Å². The Labute approximate surface area is 112 Å². The van der Waals surface area contributed by atoms with Gasteiger partial charge in [-0.3, -0.25) is 4.70 Å². The van der Waals surface area contributed by atoms with Gasteiger partial charge in [0.05, 0.1) is 0 Å². The van der Waals surface area contributed by atoms with E-state index in [2.05, 4.69) is 84.9 Å². The number of hydrogen-bond acceptors (Lipinski definition) is 0. The monoisotopic (exact) mass is 250 g/mol. The van der Waals surface area contributed by atoms with Gasteiger partial charge < -0.3 is 0 Å². The van der Waals surface area contributed by atoms with E-state index >= 15 is 0 Å². The van der Waals surface area contributed by atoms with Gasteiger partial charge in [0.15, 0.2) is 0 Å². The maximum Gasteiger partial charge on any atom is -0.0105 e. The van der Waals surface area contributed by atoms with Crippen molar-refractivity contribution in [1.82, 2.24) is 0 Å². The summed E-state index contributed by atoms with van der Waals surface area (Å²) in [6, 6.07) is 29.6. The van der Waals surface area contributed by atoms with Gasteiger partial charge in [-0.1, -0.05) is 84.9 Å². The first-order chi connectivity index (χ1) is 8.95. The van der Waals surface area contributed by atoms with Crippen LogP contribution in [0, 0.1) is 0 Å². The van der Waals surface area contributed by atoms with Crippen molar-refractivity contribution in [2.24, 2.45) is 0 Å². The fourth-order valence-electron chi connectivity index (χ4n) is 2.22. The maximum atomic E-state index is 2.18. The molecule has 0 heterocycles. The third-order valence-electron chi connectivity index (χ3n) is 3.10. The fourth-order valence-corrected chi connectivity index (χ4v) is 2.22. The Balaban J connectivity index is 0.00000133. The lowest BCUT2D eigenvalue weighted by molar-refractivity contribution is 1.11. The SMILES string of the molecule is F.c1ccc(-c2ccccc2-c2ccccc2)cc1. The Hall–Kier alpha value is -2.41.